The molecule has 2 saturated heterocycles. The third kappa shape index (κ3) is 2.42. The maximum Gasteiger partial charge on any atom is 0.0451 e. The van der Waals surface area contributed by atoms with E-state index in [0.29, 0.717) is 6.04 Å². The van der Waals surface area contributed by atoms with Crippen LogP contribution in [0.3, 0.4) is 0 Å². The fourth-order valence-electron chi connectivity index (χ4n) is 3.31. The number of piperazine rings is 1. The lowest BCUT2D eigenvalue weighted by atomic mass is 10.1. The molecule has 2 aliphatic heterocycles. The number of nitrogens with zero attached hydrogens (tertiary/aromatic N) is 2. The summed E-state index contributed by atoms with van der Waals surface area (Å²) < 4.78 is 0. The molecule has 0 radical (unpaired) electrons. The third-order valence-corrected chi connectivity index (χ3v) is 4.77. The van der Waals surface area contributed by atoms with Gasteiger partial charge < -0.3 is 0 Å². The van der Waals surface area contributed by atoms with Gasteiger partial charge in [-0.15, -0.1) is 0 Å². The average molecular weight is 265 g/mol. The van der Waals surface area contributed by atoms with E-state index in [0.717, 1.165) is 17.6 Å². The summed E-state index contributed by atoms with van der Waals surface area (Å²) in [5, 5.41) is 0.901. The Morgan fingerprint density at radius 3 is 2.94 bits per heavy atom. The molecule has 2 aliphatic rings. The van der Waals surface area contributed by atoms with Gasteiger partial charge in [-0.2, -0.15) is 0 Å². The number of benzene rings is 1. The molecule has 0 bridgehead atoms. The van der Waals surface area contributed by atoms with Gasteiger partial charge in [0.15, 0.2) is 0 Å². The molecule has 0 N–H and O–H groups in total. The van der Waals surface area contributed by atoms with Crippen molar-refractivity contribution in [2.45, 2.75) is 38.4 Å². The molecular weight excluding hydrogens is 244 g/mol. The van der Waals surface area contributed by atoms with E-state index in [4.69, 9.17) is 11.6 Å². The maximum absolute atomic E-state index is 6.27. The fraction of sp³-hybridized carbons (Fsp3) is 0.600. The molecule has 98 valence electrons. The first-order valence-corrected chi connectivity index (χ1v) is 7.33. The molecule has 0 saturated carbocycles. The Kier molecular flexibility index (Phi) is 3.60. The minimum atomic E-state index is 0.635. The van der Waals surface area contributed by atoms with Crippen LogP contribution in [0.4, 0.5) is 0 Å². The molecule has 0 spiro atoms. The second-order valence-electron chi connectivity index (χ2n) is 5.66. The number of halogens is 1. The van der Waals surface area contributed by atoms with E-state index in [1.807, 2.05) is 12.1 Å². The van der Waals surface area contributed by atoms with Crippen molar-refractivity contribution in [2.75, 3.05) is 19.6 Å². The zero-order valence-electron chi connectivity index (χ0n) is 11.0. The Labute approximate surface area is 115 Å². The van der Waals surface area contributed by atoms with Gasteiger partial charge in [-0.05, 0) is 37.9 Å². The molecule has 2 atom stereocenters. The minimum absolute atomic E-state index is 0.635. The van der Waals surface area contributed by atoms with E-state index in [1.54, 1.807) is 0 Å². The van der Waals surface area contributed by atoms with Crippen LogP contribution in [-0.2, 0) is 6.54 Å². The SMILES string of the molecule is C[C@@H]1CN2CCC[C@@H]2CN1Cc1ccccc1Cl. The largest absolute Gasteiger partial charge is 0.298 e. The van der Waals surface area contributed by atoms with Gasteiger partial charge >= 0.3 is 0 Å². The topological polar surface area (TPSA) is 6.48 Å². The van der Waals surface area contributed by atoms with Crippen molar-refractivity contribution >= 4 is 11.6 Å². The van der Waals surface area contributed by atoms with Crippen LogP contribution in [0.25, 0.3) is 0 Å². The Bertz CT molecular complexity index is 421. The molecule has 2 nitrogen and oxygen atoms in total. The Balaban J connectivity index is 1.71. The Morgan fingerprint density at radius 1 is 1.28 bits per heavy atom. The van der Waals surface area contributed by atoms with Crippen LogP contribution >= 0.6 is 11.6 Å². The van der Waals surface area contributed by atoms with Gasteiger partial charge in [0.05, 0.1) is 0 Å². The van der Waals surface area contributed by atoms with Crippen LogP contribution in [0.2, 0.25) is 5.02 Å². The molecule has 3 heteroatoms. The molecule has 0 amide bonds. The summed E-state index contributed by atoms with van der Waals surface area (Å²) in [6.45, 7) is 7.05. The normalized spacial score (nSPS) is 29.4. The lowest BCUT2D eigenvalue weighted by Gasteiger charge is -2.42. The van der Waals surface area contributed by atoms with Crippen molar-refractivity contribution in [1.82, 2.24) is 9.80 Å². The predicted molar refractivity (Wildman–Crippen MR) is 75.9 cm³/mol. The number of rotatable bonds is 2. The number of hydrogen-bond donors (Lipinski definition) is 0. The van der Waals surface area contributed by atoms with Crippen LogP contribution < -0.4 is 0 Å². The minimum Gasteiger partial charge on any atom is -0.298 e. The summed E-state index contributed by atoms with van der Waals surface area (Å²) in [5.41, 5.74) is 1.26. The average Bonchev–Trinajstić information content (AvgIpc) is 2.79. The van der Waals surface area contributed by atoms with Crippen molar-refractivity contribution in [3.05, 3.63) is 34.9 Å². The Hall–Kier alpha value is -0.570. The van der Waals surface area contributed by atoms with Gasteiger partial charge in [-0.3, -0.25) is 9.80 Å². The monoisotopic (exact) mass is 264 g/mol. The van der Waals surface area contributed by atoms with Gasteiger partial charge in [0.2, 0.25) is 0 Å². The molecule has 18 heavy (non-hydrogen) atoms. The standard InChI is InChI=1S/C15H21ClN2/c1-12-9-17-8-4-6-14(17)11-18(12)10-13-5-2-3-7-15(13)16/h2-3,5,7,12,14H,4,6,8-11H2,1H3/t12-,14-/m1/s1. The second-order valence-corrected chi connectivity index (χ2v) is 6.07. The van der Waals surface area contributed by atoms with E-state index in [1.165, 1.54) is 38.0 Å². The smallest absolute Gasteiger partial charge is 0.0451 e. The summed E-state index contributed by atoms with van der Waals surface area (Å²) in [4.78, 5) is 5.25. The first-order valence-electron chi connectivity index (χ1n) is 6.95. The zero-order valence-corrected chi connectivity index (χ0v) is 11.7. The highest BCUT2D eigenvalue weighted by Crippen LogP contribution is 2.27. The third-order valence-electron chi connectivity index (χ3n) is 4.40. The van der Waals surface area contributed by atoms with Crippen molar-refractivity contribution in [2.24, 2.45) is 0 Å². The first-order chi connectivity index (χ1) is 8.74. The van der Waals surface area contributed by atoms with Crippen molar-refractivity contribution in [3.63, 3.8) is 0 Å². The Morgan fingerprint density at radius 2 is 2.11 bits per heavy atom. The summed E-state index contributed by atoms with van der Waals surface area (Å²) in [6.07, 6.45) is 2.74. The highest BCUT2D eigenvalue weighted by atomic mass is 35.5. The maximum atomic E-state index is 6.27. The van der Waals surface area contributed by atoms with Crippen LogP contribution in [0.15, 0.2) is 24.3 Å². The zero-order chi connectivity index (χ0) is 12.5. The molecule has 0 aliphatic carbocycles. The molecule has 1 aromatic rings. The summed E-state index contributed by atoms with van der Waals surface area (Å²) in [6, 6.07) is 9.64. The predicted octanol–water partition coefficient (Wildman–Crippen LogP) is 3.01. The summed E-state index contributed by atoms with van der Waals surface area (Å²) >= 11 is 6.27. The highest BCUT2D eigenvalue weighted by molar-refractivity contribution is 6.31. The van der Waals surface area contributed by atoms with Crippen molar-refractivity contribution in [3.8, 4) is 0 Å². The van der Waals surface area contributed by atoms with E-state index in [9.17, 15) is 0 Å². The number of fused-ring (bicyclic) bond motifs is 1. The van der Waals surface area contributed by atoms with Gasteiger partial charge in [0, 0.05) is 36.7 Å². The van der Waals surface area contributed by atoms with Crippen LogP contribution in [0.1, 0.15) is 25.3 Å². The van der Waals surface area contributed by atoms with E-state index < -0.39 is 0 Å². The van der Waals surface area contributed by atoms with E-state index in [-0.39, 0.29) is 0 Å². The quantitative estimate of drug-likeness (QED) is 0.810. The van der Waals surface area contributed by atoms with Crippen molar-refractivity contribution < 1.29 is 0 Å². The molecule has 1 aromatic carbocycles. The van der Waals surface area contributed by atoms with Crippen LogP contribution in [0.5, 0.6) is 0 Å². The molecule has 2 fully saturated rings. The van der Waals surface area contributed by atoms with Crippen LogP contribution in [-0.4, -0.2) is 41.5 Å². The van der Waals surface area contributed by atoms with Crippen molar-refractivity contribution in [1.29, 1.82) is 0 Å². The van der Waals surface area contributed by atoms with E-state index >= 15 is 0 Å². The number of hydrogen-bond acceptors (Lipinski definition) is 2. The summed E-state index contributed by atoms with van der Waals surface area (Å²) in [5.74, 6) is 0. The molecule has 0 aromatic heterocycles. The highest BCUT2D eigenvalue weighted by Gasteiger charge is 2.34. The van der Waals surface area contributed by atoms with Crippen LogP contribution in [0, 0.1) is 0 Å². The fourth-order valence-corrected chi connectivity index (χ4v) is 3.51. The summed E-state index contributed by atoms with van der Waals surface area (Å²) in [7, 11) is 0. The molecule has 3 rings (SSSR count). The van der Waals surface area contributed by atoms with Gasteiger partial charge in [0.25, 0.3) is 0 Å². The molecule has 2 heterocycles. The first kappa shape index (κ1) is 12.5. The molecular formula is C15H21ClN2. The van der Waals surface area contributed by atoms with E-state index in [2.05, 4.69) is 28.9 Å². The lowest BCUT2D eigenvalue weighted by Crippen LogP contribution is -2.54. The van der Waals surface area contributed by atoms with Gasteiger partial charge in [-0.1, -0.05) is 29.8 Å². The molecule has 0 unspecified atom stereocenters. The van der Waals surface area contributed by atoms with Gasteiger partial charge in [-0.25, -0.2) is 0 Å². The lowest BCUT2D eigenvalue weighted by molar-refractivity contribution is 0.0540. The van der Waals surface area contributed by atoms with Gasteiger partial charge in [0.1, 0.15) is 0 Å². The second kappa shape index (κ2) is 5.20.